The molecule has 0 atom stereocenters. The minimum Gasteiger partial charge on any atom is -0.497 e. The molecular formula is C30H23FN2O4. The van der Waals surface area contributed by atoms with Crippen LogP contribution in [0.2, 0.25) is 0 Å². The molecule has 0 aliphatic rings. The van der Waals surface area contributed by atoms with E-state index in [1.165, 1.54) is 12.1 Å². The zero-order valence-electron chi connectivity index (χ0n) is 20.2. The fourth-order valence-corrected chi connectivity index (χ4v) is 4.15. The van der Waals surface area contributed by atoms with Crippen LogP contribution in [0.15, 0.2) is 95.4 Å². The molecule has 7 heteroatoms. The lowest BCUT2D eigenvalue weighted by atomic mass is 9.99. The van der Waals surface area contributed by atoms with E-state index in [-0.39, 0.29) is 17.6 Å². The molecule has 2 N–H and O–H groups in total. The molecule has 0 saturated heterocycles. The molecule has 1 aromatic heterocycles. The van der Waals surface area contributed by atoms with Crippen molar-refractivity contribution >= 4 is 28.5 Å². The molecule has 6 nitrogen and oxygen atoms in total. The molecular weight excluding hydrogens is 471 g/mol. The van der Waals surface area contributed by atoms with Crippen LogP contribution in [0.3, 0.4) is 0 Å². The monoisotopic (exact) mass is 494 g/mol. The first-order valence-electron chi connectivity index (χ1n) is 11.6. The lowest BCUT2D eigenvalue weighted by Gasteiger charge is -2.08. The van der Waals surface area contributed by atoms with Crippen LogP contribution >= 0.6 is 0 Å². The van der Waals surface area contributed by atoms with Gasteiger partial charge in [0.15, 0.2) is 0 Å². The van der Waals surface area contributed by atoms with Crippen molar-refractivity contribution < 1.29 is 23.1 Å². The summed E-state index contributed by atoms with van der Waals surface area (Å²) in [6.45, 7) is 0. The Morgan fingerprint density at radius 3 is 2.22 bits per heavy atom. The molecule has 0 fully saturated rings. The van der Waals surface area contributed by atoms with Gasteiger partial charge in [0.1, 0.15) is 22.9 Å². The largest absolute Gasteiger partial charge is 0.497 e. The van der Waals surface area contributed by atoms with Crippen LogP contribution in [0.1, 0.15) is 20.7 Å². The van der Waals surface area contributed by atoms with Gasteiger partial charge < -0.3 is 19.8 Å². The van der Waals surface area contributed by atoms with E-state index in [1.54, 1.807) is 74.8 Å². The van der Waals surface area contributed by atoms with Crippen molar-refractivity contribution in [3.05, 3.63) is 108 Å². The van der Waals surface area contributed by atoms with Gasteiger partial charge in [-0.15, -0.1) is 0 Å². The van der Waals surface area contributed by atoms with Gasteiger partial charge in [-0.1, -0.05) is 18.2 Å². The van der Waals surface area contributed by atoms with Crippen LogP contribution in [0, 0.1) is 5.82 Å². The summed E-state index contributed by atoms with van der Waals surface area (Å²) in [4.78, 5) is 25.7. The lowest BCUT2D eigenvalue weighted by Crippen LogP contribution is -2.18. The van der Waals surface area contributed by atoms with Crippen molar-refractivity contribution in [2.24, 2.45) is 0 Å². The number of methoxy groups -OCH3 is 1. The van der Waals surface area contributed by atoms with E-state index in [0.717, 1.165) is 11.1 Å². The summed E-state index contributed by atoms with van der Waals surface area (Å²) in [6.07, 6.45) is 0. The zero-order valence-corrected chi connectivity index (χ0v) is 20.2. The van der Waals surface area contributed by atoms with Crippen LogP contribution in [-0.4, -0.2) is 26.0 Å². The predicted molar refractivity (Wildman–Crippen MR) is 141 cm³/mol. The highest BCUT2D eigenvalue weighted by atomic mass is 19.1. The molecule has 0 unspecified atom stereocenters. The van der Waals surface area contributed by atoms with Crippen molar-refractivity contribution in [2.75, 3.05) is 19.5 Å². The minimum atomic E-state index is -0.375. The van der Waals surface area contributed by atoms with E-state index >= 15 is 0 Å². The average molecular weight is 495 g/mol. The van der Waals surface area contributed by atoms with Crippen molar-refractivity contribution in [3.63, 3.8) is 0 Å². The van der Waals surface area contributed by atoms with Gasteiger partial charge in [-0.25, -0.2) is 4.39 Å². The Hall–Kier alpha value is -4.91. The number of carbonyl (C=O) groups excluding carboxylic acids is 2. The average Bonchev–Trinajstić information content (AvgIpc) is 3.32. The topological polar surface area (TPSA) is 80.6 Å². The van der Waals surface area contributed by atoms with Gasteiger partial charge in [0, 0.05) is 29.2 Å². The third-order valence-corrected chi connectivity index (χ3v) is 6.05. The third-order valence-electron chi connectivity index (χ3n) is 6.05. The molecule has 4 aromatic carbocycles. The maximum Gasteiger partial charge on any atom is 0.255 e. The zero-order chi connectivity index (χ0) is 25.9. The molecule has 0 radical (unpaired) electrons. The summed E-state index contributed by atoms with van der Waals surface area (Å²) in [7, 11) is 3.13. The number of hydrogen-bond donors (Lipinski definition) is 2. The number of rotatable bonds is 6. The Morgan fingerprint density at radius 1 is 0.811 bits per heavy atom. The van der Waals surface area contributed by atoms with Crippen LogP contribution in [0.25, 0.3) is 33.4 Å². The highest BCUT2D eigenvalue weighted by molar-refractivity contribution is 6.12. The molecule has 0 aliphatic heterocycles. The van der Waals surface area contributed by atoms with Crippen LogP contribution < -0.4 is 15.4 Å². The highest BCUT2D eigenvalue weighted by Crippen LogP contribution is 2.36. The number of nitrogens with one attached hydrogen (secondary N) is 2. The second-order valence-corrected chi connectivity index (χ2v) is 8.37. The van der Waals surface area contributed by atoms with Crippen molar-refractivity contribution in [1.29, 1.82) is 0 Å². The Kier molecular flexibility index (Phi) is 6.43. The number of anilines is 1. The summed E-state index contributed by atoms with van der Waals surface area (Å²) in [5, 5.41) is 6.16. The van der Waals surface area contributed by atoms with Crippen LogP contribution in [0.4, 0.5) is 10.1 Å². The number of fused-ring (bicyclic) bond motifs is 1. The molecule has 1 heterocycles. The van der Waals surface area contributed by atoms with Gasteiger partial charge in [0.05, 0.1) is 12.7 Å². The number of furan rings is 1. The summed E-state index contributed by atoms with van der Waals surface area (Å²) in [5.74, 6) is 0.121. The lowest BCUT2D eigenvalue weighted by molar-refractivity contribution is 0.0963. The minimum absolute atomic E-state index is 0.249. The van der Waals surface area contributed by atoms with Gasteiger partial charge in [-0.05, 0) is 83.9 Å². The second-order valence-electron chi connectivity index (χ2n) is 8.37. The number of carbonyl (C=O) groups is 2. The Bertz CT molecular complexity index is 1610. The molecule has 0 saturated carbocycles. The smallest absolute Gasteiger partial charge is 0.255 e. The fraction of sp³-hybridized carbons (Fsp3) is 0.0667. The van der Waals surface area contributed by atoms with Gasteiger partial charge in [-0.2, -0.15) is 0 Å². The maximum atomic E-state index is 13.5. The quantitative estimate of drug-likeness (QED) is 0.281. The van der Waals surface area contributed by atoms with Crippen molar-refractivity contribution in [2.45, 2.75) is 0 Å². The summed E-state index contributed by atoms with van der Waals surface area (Å²) < 4.78 is 24.7. The standard InChI is InChI=1S/C30H23FN2O4/c1-32-30(35)27-25-17-20(8-15-26(25)37-28(27)18-6-9-22(31)10-7-18)19-4-3-5-21(16-19)29(34)33-23-11-13-24(36-2)14-12-23/h3-17H,1-2H3,(H,32,35)(H,33,34). The SMILES string of the molecule is CNC(=O)c1c(-c2ccc(F)cc2)oc2ccc(-c3cccc(C(=O)Nc4ccc(OC)cc4)c3)cc12. The van der Waals surface area contributed by atoms with Gasteiger partial charge in [0.2, 0.25) is 0 Å². The van der Waals surface area contributed by atoms with Gasteiger partial charge in [0.25, 0.3) is 11.8 Å². The second kappa shape index (κ2) is 9.99. The normalized spacial score (nSPS) is 10.8. The summed E-state index contributed by atoms with van der Waals surface area (Å²) in [6, 6.07) is 25.6. The summed E-state index contributed by atoms with van der Waals surface area (Å²) in [5.41, 5.74) is 4.22. The first-order valence-corrected chi connectivity index (χ1v) is 11.6. The Balaban J connectivity index is 1.51. The molecule has 5 rings (SSSR count). The van der Waals surface area contributed by atoms with E-state index < -0.39 is 0 Å². The fourth-order valence-electron chi connectivity index (χ4n) is 4.15. The van der Waals surface area contributed by atoms with E-state index in [2.05, 4.69) is 10.6 Å². The van der Waals surface area contributed by atoms with E-state index in [0.29, 0.717) is 44.9 Å². The number of benzene rings is 4. The van der Waals surface area contributed by atoms with Crippen molar-refractivity contribution in [1.82, 2.24) is 5.32 Å². The number of halogens is 1. The first-order chi connectivity index (χ1) is 18.0. The Labute approximate surface area is 212 Å². The molecule has 37 heavy (non-hydrogen) atoms. The molecule has 0 spiro atoms. The molecule has 184 valence electrons. The molecule has 5 aromatic rings. The molecule has 2 amide bonds. The predicted octanol–water partition coefficient (Wildman–Crippen LogP) is 6.53. The first kappa shape index (κ1) is 23.8. The number of hydrogen-bond acceptors (Lipinski definition) is 4. The van der Waals surface area contributed by atoms with E-state index in [4.69, 9.17) is 9.15 Å². The van der Waals surface area contributed by atoms with E-state index in [9.17, 15) is 14.0 Å². The van der Waals surface area contributed by atoms with Gasteiger partial charge in [-0.3, -0.25) is 9.59 Å². The number of amides is 2. The van der Waals surface area contributed by atoms with Gasteiger partial charge >= 0.3 is 0 Å². The summed E-state index contributed by atoms with van der Waals surface area (Å²) >= 11 is 0. The third kappa shape index (κ3) is 4.79. The number of ether oxygens (including phenoxy) is 1. The Morgan fingerprint density at radius 2 is 1.51 bits per heavy atom. The highest BCUT2D eigenvalue weighted by Gasteiger charge is 2.22. The van der Waals surface area contributed by atoms with Crippen LogP contribution in [0.5, 0.6) is 5.75 Å². The maximum absolute atomic E-state index is 13.5. The molecule has 0 aliphatic carbocycles. The van der Waals surface area contributed by atoms with Crippen LogP contribution in [-0.2, 0) is 0 Å². The van der Waals surface area contributed by atoms with Crippen molar-refractivity contribution in [3.8, 4) is 28.2 Å². The van der Waals surface area contributed by atoms with E-state index in [1.807, 2.05) is 18.2 Å². The molecule has 0 bridgehead atoms.